The number of halogens is 1. The summed E-state index contributed by atoms with van der Waals surface area (Å²) in [6, 6.07) is 1.52. The third kappa shape index (κ3) is 2.96. The lowest BCUT2D eigenvalue weighted by Crippen LogP contribution is -2.48. The minimum Gasteiger partial charge on any atom is -0.322 e. The summed E-state index contributed by atoms with van der Waals surface area (Å²) in [5.41, 5.74) is 0.568. The molecule has 2 atom stereocenters. The maximum atomic E-state index is 12.1. The van der Waals surface area contributed by atoms with E-state index in [1.165, 1.54) is 0 Å². The highest BCUT2D eigenvalue weighted by molar-refractivity contribution is 6.33. The van der Waals surface area contributed by atoms with Crippen LogP contribution < -0.4 is 10.6 Å². The molecule has 0 aromatic carbocycles. The normalized spacial score (nSPS) is 24.4. The molecule has 0 saturated carbocycles. The molecule has 17 heavy (non-hydrogen) atoms. The summed E-state index contributed by atoms with van der Waals surface area (Å²) in [6.07, 6.45) is 5.36. The van der Waals surface area contributed by atoms with Gasteiger partial charge in [0, 0.05) is 6.20 Å². The molecule has 1 saturated heterocycles. The molecular formula is C12H16ClN3O. The smallest absolute Gasteiger partial charge is 0.241 e. The van der Waals surface area contributed by atoms with E-state index in [1.807, 2.05) is 0 Å². The van der Waals surface area contributed by atoms with Crippen molar-refractivity contribution < 1.29 is 4.79 Å². The highest BCUT2D eigenvalue weighted by Gasteiger charge is 2.27. The molecule has 2 rings (SSSR count). The number of carbonyl (C=O) groups is 1. The summed E-state index contributed by atoms with van der Waals surface area (Å²) in [5, 5.41) is 6.56. The van der Waals surface area contributed by atoms with Gasteiger partial charge in [-0.25, -0.2) is 0 Å². The second-order valence-corrected chi connectivity index (χ2v) is 4.80. The van der Waals surface area contributed by atoms with Crippen LogP contribution in [0.1, 0.15) is 19.8 Å². The molecule has 4 nitrogen and oxygen atoms in total. The largest absolute Gasteiger partial charge is 0.322 e. The minimum atomic E-state index is -0.139. The number of hydrogen-bond acceptors (Lipinski definition) is 3. The standard InChI is InChI=1S/C12H16ClN3O/c1-8-3-2-5-15-11(8)12(17)16-10-7-14-6-4-9(10)13/h4,6-8,11,15H,2-3,5H2,1H3,(H,16,17). The lowest BCUT2D eigenvalue weighted by atomic mass is 9.92. The van der Waals surface area contributed by atoms with Gasteiger partial charge in [-0.15, -0.1) is 0 Å². The summed E-state index contributed by atoms with van der Waals surface area (Å²) < 4.78 is 0. The molecule has 1 aromatic rings. The fourth-order valence-corrected chi connectivity index (χ4v) is 2.23. The van der Waals surface area contributed by atoms with Crippen molar-refractivity contribution in [3.8, 4) is 0 Å². The summed E-state index contributed by atoms with van der Waals surface area (Å²) in [6.45, 7) is 2.98. The van der Waals surface area contributed by atoms with Crippen molar-refractivity contribution in [3.05, 3.63) is 23.5 Å². The Balaban J connectivity index is 2.03. The van der Waals surface area contributed by atoms with Gasteiger partial charge in [0.15, 0.2) is 0 Å². The maximum absolute atomic E-state index is 12.1. The lowest BCUT2D eigenvalue weighted by molar-refractivity contribution is -0.119. The molecule has 1 aromatic heterocycles. The van der Waals surface area contributed by atoms with E-state index in [0.29, 0.717) is 16.6 Å². The first-order chi connectivity index (χ1) is 8.18. The predicted octanol–water partition coefficient (Wildman–Crippen LogP) is 2.06. The number of pyridine rings is 1. The van der Waals surface area contributed by atoms with Gasteiger partial charge in [0.25, 0.3) is 0 Å². The number of rotatable bonds is 2. The average molecular weight is 254 g/mol. The molecule has 1 fully saturated rings. The van der Waals surface area contributed by atoms with Crippen molar-refractivity contribution in [3.63, 3.8) is 0 Å². The third-order valence-corrected chi connectivity index (χ3v) is 3.41. The van der Waals surface area contributed by atoms with Crippen LogP contribution in [0.2, 0.25) is 5.02 Å². The van der Waals surface area contributed by atoms with Gasteiger partial charge in [-0.05, 0) is 31.4 Å². The molecule has 0 bridgehead atoms. The predicted molar refractivity (Wildman–Crippen MR) is 68.1 cm³/mol. The Kier molecular flexibility index (Phi) is 3.97. The zero-order chi connectivity index (χ0) is 12.3. The van der Waals surface area contributed by atoms with E-state index >= 15 is 0 Å². The third-order valence-electron chi connectivity index (χ3n) is 3.08. The van der Waals surface area contributed by atoms with Crippen molar-refractivity contribution in [1.82, 2.24) is 10.3 Å². The average Bonchev–Trinajstić information content (AvgIpc) is 2.32. The summed E-state index contributed by atoms with van der Waals surface area (Å²) in [4.78, 5) is 16.0. The Bertz CT molecular complexity index is 410. The molecular weight excluding hydrogens is 238 g/mol. The van der Waals surface area contributed by atoms with E-state index in [4.69, 9.17) is 11.6 Å². The van der Waals surface area contributed by atoms with Crippen molar-refractivity contribution in [1.29, 1.82) is 0 Å². The van der Waals surface area contributed by atoms with Crippen LogP contribution in [0.25, 0.3) is 0 Å². The van der Waals surface area contributed by atoms with E-state index in [-0.39, 0.29) is 11.9 Å². The van der Waals surface area contributed by atoms with Gasteiger partial charge in [0.2, 0.25) is 5.91 Å². The van der Waals surface area contributed by atoms with Gasteiger partial charge < -0.3 is 10.6 Å². The highest BCUT2D eigenvalue weighted by atomic mass is 35.5. The van der Waals surface area contributed by atoms with Crippen molar-refractivity contribution >= 4 is 23.2 Å². The summed E-state index contributed by atoms with van der Waals surface area (Å²) >= 11 is 5.97. The zero-order valence-electron chi connectivity index (χ0n) is 9.74. The molecule has 2 unspecified atom stereocenters. The number of carbonyl (C=O) groups excluding carboxylic acids is 1. The zero-order valence-corrected chi connectivity index (χ0v) is 10.5. The summed E-state index contributed by atoms with van der Waals surface area (Å²) in [5.74, 6) is 0.311. The molecule has 0 aliphatic carbocycles. The number of aromatic nitrogens is 1. The Morgan fingerprint density at radius 1 is 1.65 bits per heavy atom. The number of piperidine rings is 1. The minimum absolute atomic E-state index is 0.0351. The molecule has 1 aliphatic heterocycles. The monoisotopic (exact) mass is 253 g/mol. The molecule has 0 spiro atoms. The lowest BCUT2D eigenvalue weighted by Gasteiger charge is -2.28. The van der Waals surface area contributed by atoms with E-state index in [0.717, 1.165) is 19.4 Å². The van der Waals surface area contributed by atoms with Crippen LogP contribution in [0.3, 0.4) is 0 Å². The van der Waals surface area contributed by atoms with Crippen LogP contribution in [-0.2, 0) is 4.79 Å². The molecule has 2 heterocycles. The van der Waals surface area contributed by atoms with Crippen molar-refractivity contribution in [2.75, 3.05) is 11.9 Å². The number of nitrogens with one attached hydrogen (secondary N) is 2. The van der Waals surface area contributed by atoms with Gasteiger partial charge in [-0.1, -0.05) is 18.5 Å². The van der Waals surface area contributed by atoms with Gasteiger partial charge >= 0.3 is 0 Å². The number of amides is 1. The van der Waals surface area contributed by atoms with E-state index in [2.05, 4.69) is 22.5 Å². The Morgan fingerprint density at radius 3 is 3.18 bits per heavy atom. The fourth-order valence-electron chi connectivity index (χ4n) is 2.08. The fraction of sp³-hybridized carbons (Fsp3) is 0.500. The van der Waals surface area contributed by atoms with Gasteiger partial charge in [0.05, 0.1) is 22.9 Å². The van der Waals surface area contributed by atoms with Crippen molar-refractivity contribution in [2.24, 2.45) is 5.92 Å². The second kappa shape index (κ2) is 5.47. The SMILES string of the molecule is CC1CCCNC1C(=O)Nc1cnccc1Cl. The first-order valence-corrected chi connectivity index (χ1v) is 6.20. The van der Waals surface area contributed by atoms with Crippen LogP contribution in [0.4, 0.5) is 5.69 Å². The topological polar surface area (TPSA) is 54.0 Å². The first-order valence-electron chi connectivity index (χ1n) is 5.82. The van der Waals surface area contributed by atoms with Crippen LogP contribution in [0, 0.1) is 5.92 Å². The van der Waals surface area contributed by atoms with Crippen molar-refractivity contribution in [2.45, 2.75) is 25.8 Å². The van der Waals surface area contributed by atoms with Crippen LogP contribution >= 0.6 is 11.6 Å². The molecule has 2 N–H and O–H groups in total. The highest BCUT2D eigenvalue weighted by Crippen LogP contribution is 2.21. The van der Waals surface area contributed by atoms with Gasteiger partial charge in [-0.2, -0.15) is 0 Å². The van der Waals surface area contributed by atoms with E-state index < -0.39 is 0 Å². The van der Waals surface area contributed by atoms with Crippen LogP contribution in [0.5, 0.6) is 0 Å². The number of hydrogen-bond donors (Lipinski definition) is 2. The van der Waals surface area contributed by atoms with E-state index in [1.54, 1.807) is 18.5 Å². The number of anilines is 1. The molecule has 1 amide bonds. The van der Waals surface area contributed by atoms with Crippen LogP contribution in [-0.4, -0.2) is 23.5 Å². The molecule has 5 heteroatoms. The van der Waals surface area contributed by atoms with Gasteiger partial charge in [-0.3, -0.25) is 9.78 Å². The number of nitrogens with zero attached hydrogens (tertiary/aromatic N) is 1. The van der Waals surface area contributed by atoms with Gasteiger partial charge in [0.1, 0.15) is 0 Å². The Morgan fingerprint density at radius 2 is 2.47 bits per heavy atom. The maximum Gasteiger partial charge on any atom is 0.241 e. The quantitative estimate of drug-likeness (QED) is 0.848. The molecule has 0 radical (unpaired) electrons. The molecule has 1 aliphatic rings. The molecule has 92 valence electrons. The van der Waals surface area contributed by atoms with Crippen LogP contribution in [0.15, 0.2) is 18.5 Å². The van der Waals surface area contributed by atoms with E-state index in [9.17, 15) is 4.79 Å². The first kappa shape index (κ1) is 12.3. The summed E-state index contributed by atoms with van der Waals surface area (Å²) in [7, 11) is 0. The Labute approximate surface area is 106 Å². The second-order valence-electron chi connectivity index (χ2n) is 4.40. The Hall–Kier alpha value is -1.13.